The van der Waals surface area contributed by atoms with Gasteiger partial charge in [0.2, 0.25) is 16.1 Å². The number of amides is 1. The Hall–Kier alpha value is -2.98. The summed E-state index contributed by atoms with van der Waals surface area (Å²) in [4.78, 5) is 14.7. The molecule has 2 aromatic carbocycles. The van der Waals surface area contributed by atoms with Crippen molar-refractivity contribution in [1.82, 2.24) is 9.21 Å². The maximum Gasteiger partial charge on any atom is 0.267 e. The number of para-hydroxylation sites is 2. The van der Waals surface area contributed by atoms with Crippen molar-refractivity contribution in [2.45, 2.75) is 17.4 Å². The highest BCUT2D eigenvalue weighted by molar-refractivity contribution is 7.89. The summed E-state index contributed by atoms with van der Waals surface area (Å²) in [6.07, 6.45) is 0.00319. The zero-order valence-corrected chi connectivity index (χ0v) is 18.3. The highest BCUT2D eigenvalue weighted by Gasteiger charge is 2.35. The normalized spacial score (nSPS) is 21.0. The number of sulfonamides is 1. The van der Waals surface area contributed by atoms with E-state index in [0.717, 1.165) is 6.42 Å². The van der Waals surface area contributed by atoms with Crippen LogP contribution in [-0.2, 0) is 14.8 Å². The lowest BCUT2D eigenvalue weighted by atomic mass is 10.2. The SMILES string of the molecule is O=C(C1COc2ccccc2O1)N1CCN(S(=O)(=O)c2ccc3c(c2)OCCCO3)CC1. The number of hydrogen-bond acceptors (Lipinski definition) is 7. The predicted molar refractivity (Wildman–Crippen MR) is 114 cm³/mol. The van der Waals surface area contributed by atoms with Gasteiger partial charge in [-0.05, 0) is 24.3 Å². The molecule has 9 nitrogen and oxygen atoms in total. The van der Waals surface area contributed by atoms with Crippen LogP contribution in [0.15, 0.2) is 47.4 Å². The standard InChI is InChI=1S/C22H24N2O7S/c25-22(21-15-30-17-4-1-2-5-19(17)31-21)23-8-10-24(11-9-23)32(26,27)16-6-7-18-20(14-16)29-13-3-12-28-18/h1-2,4-7,14,21H,3,8-13,15H2. The monoisotopic (exact) mass is 460 g/mol. The summed E-state index contributed by atoms with van der Waals surface area (Å²) in [5.41, 5.74) is 0. The Morgan fingerprint density at radius 3 is 2.31 bits per heavy atom. The molecule has 170 valence electrons. The molecule has 0 bridgehead atoms. The smallest absolute Gasteiger partial charge is 0.267 e. The van der Waals surface area contributed by atoms with E-state index < -0.39 is 16.1 Å². The Kier molecular flexibility index (Phi) is 5.56. The zero-order chi connectivity index (χ0) is 22.1. The Balaban J connectivity index is 1.23. The first-order chi connectivity index (χ1) is 15.5. The van der Waals surface area contributed by atoms with E-state index in [4.69, 9.17) is 18.9 Å². The first kappa shape index (κ1) is 20.9. The molecule has 1 saturated heterocycles. The van der Waals surface area contributed by atoms with Crippen molar-refractivity contribution < 1.29 is 32.2 Å². The van der Waals surface area contributed by atoms with Crippen molar-refractivity contribution in [3.63, 3.8) is 0 Å². The number of piperazine rings is 1. The van der Waals surface area contributed by atoms with E-state index >= 15 is 0 Å². The molecule has 3 aliphatic heterocycles. The fraction of sp³-hybridized carbons (Fsp3) is 0.409. The van der Waals surface area contributed by atoms with Crippen LogP contribution in [0.3, 0.4) is 0 Å². The number of benzene rings is 2. The molecule has 2 aromatic rings. The van der Waals surface area contributed by atoms with Crippen LogP contribution >= 0.6 is 0 Å². The molecule has 1 fully saturated rings. The number of carbonyl (C=O) groups excluding carboxylic acids is 1. The number of carbonyl (C=O) groups is 1. The van der Waals surface area contributed by atoms with Gasteiger partial charge in [-0.15, -0.1) is 0 Å². The largest absolute Gasteiger partial charge is 0.490 e. The summed E-state index contributed by atoms with van der Waals surface area (Å²) >= 11 is 0. The van der Waals surface area contributed by atoms with E-state index in [9.17, 15) is 13.2 Å². The molecule has 5 rings (SSSR count). The van der Waals surface area contributed by atoms with Gasteiger partial charge in [0.25, 0.3) is 5.91 Å². The van der Waals surface area contributed by atoms with Gasteiger partial charge in [0.1, 0.15) is 6.61 Å². The minimum absolute atomic E-state index is 0.131. The summed E-state index contributed by atoms with van der Waals surface area (Å²) in [6, 6.07) is 11.9. The molecule has 0 aliphatic carbocycles. The Labute approximate surface area is 186 Å². The van der Waals surface area contributed by atoms with Crippen LogP contribution in [0.5, 0.6) is 23.0 Å². The number of rotatable bonds is 3. The van der Waals surface area contributed by atoms with Gasteiger partial charge in [0.15, 0.2) is 23.0 Å². The molecule has 1 amide bonds. The van der Waals surface area contributed by atoms with Gasteiger partial charge >= 0.3 is 0 Å². The van der Waals surface area contributed by atoms with E-state index in [-0.39, 0.29) is 43.6 Å². The molecule has 3 aliphatic rings. The van der Waals surface area contributed by atoms with E-state index in [2.05, 4.69) is 0 Å². The summed E-state index contributed by atoms with van der Waals surface area (Å²) in [6.45, 7) is 2.12. The lowest BCUT2D eigenvalue weighted by Gasteiger charge is -2.36. The van der Waals surface area contributed by atoms with Crippen molar-refractivity contribution in [3.05, 3.63) is 42.5 Å². The molecular weight excluding hydrogens is 436 g/mol. The Morgan fingerprint density at radius 1 is 0.844 bits per heavy atom. The summed E-state index contributed by atoms with van der Waals surface area (Å²) in [5.74, 6) is 1.93. The van der Waals surface area contributed by atoms with Crippen molar-refractivity contribution in [2.24, 2.45) is 0 Å². The molecule has 1 unspecified atom stereocenters. The lowest BCUT2D eigenvalue weighted by molar-refractivity contribution is -0.142. The molecule has 0 radical (unpaired) electrons. The van der Waals surface area contributed by atoms with Crippen LogP contribution in [0, 0.1) is 0 Å². The van der Waals surface area contributed by atoms with Crippen LogP contribution in [-0.4, -0.2) is 75.6 Å². The highest BCUT2D eigenvalue weighted by Crippen LogP contribution is 2.34. The third-order valence-electron chi connectivity index (χ3n) is 5.69. The van der Waals surface area contributed by atoms with Gasteiger partial charge in [-0.25, -0.2) is 8.42 Å². The van der Waals surface area contributed by atoms with Crippen LogP contribution < -0.4 is 18.9 Å². The van der Waals surface area contributed by atoms with Crippen molar-refractivity contribution >= 4 is 15.9 Å². The first-order valence-electron chi connectivity index (χ1n) is 10.6. The van der Waals surface area contributed by atoms with Gasteiger partial charge in [0, 0.05) is 38.7 Å². The van der Waals surface area contributed by atoms with Gasteiger partial charge in [-0.3, -0.25) is 4.79 Å². The minimum atomic E-state index is -3.72. The zero-order valence-electron chi connectivity index (χ0n) is 17.4. The van der Waals surface area contributed by atoms with Crippen molar-refractivity contribution in [2.75, 3.05) is 46.0 Å². The summed E-state index contributed by atoms with van der Waals surface area (Å²) in [7, 11) is -3.72. The maximum absolute atomic E-state index is 13.2. The lowest BCUT2D eigenvalue weighted by Crippen LogP contribution is -2.55. The molecule has 3 heterocycles. The average molecular weight is 461 g/mol. The molecule has 10 heteroatoms. The average Bonchev–Trinajstić information content (AvgIpc) is 3.08. The highest BCUT2D eigenvalue weighted by atomic mass is 32.2. The molecule has 1 atom stereocenters. The Morgan fingerprint density at radius 2 is 1.53 bits per heavy atom. The predicted octanol–water partition coefficient (Wildman–Crippen LogP) is 1.52. The van der Waals surface area contributed by atoms with Gasteiger partial charge in [-0.2, -0.15) is 4.31 Å². The molecule has 32 heavy (non-hydrogen) atoms. The quantitative estimate of drug-likeness (QED) is 0.686. The molecule has 0 spiro atoms. The van der Waals surface area contributed by atoms with Gasteiger partial charge < -0.3 is 23.8 Å². The van der Waals surface area contributed by atoms with E-state index in [1.165, 1.54) is 16.4 Å². The van der Waals surface area contributed by atoms with Gasteiger partial charge in [0.05, 0.1) is 18.1 Å². The maximum atomic E-state index is 13.2. The second kappa shape index (κ2) is 8.51. The minimum Gasteiger partial charge on any atom is -0.490 e. The molecule has 0 N–H and O–H groups in total. The first-order valence-corrected chi connectivity index (χ1v) is 12.0. The second-order valence-electron chi connectivity index (χ2n) is 7.75. The van der Waals surface area contributed by atoms with Crippen LogP contribution in [0.25, 0.3) is 0 Å². The van der Waals surface area contributed by atoms with Crippen LogP contribution in [0.1, 0.15) is 6.42 Å². The molecular formula is C22H24N2O7S. The topological polar surface area (TPSA) is 94.6 Å². The second-order valence-corrected chi connectivity index (χ2v) is 9.69. The van der Waals surface area contributed by atoms with E-state index in [1.54, 1.807) is 23.1 Å². The Bertz CT molecular complexity index is 1110. The fourth-order valence-corrected chi connectivity index (χ4v) is 5.38. The summed E-state index contributed by atoms with van der Waals surface area (Å²) < 4.78 is 50.3. The van der Waals surface area contributed by atoms with Crippen LogP contribution in [0.4, 0.5) is 0 Å². The van der Waals surface area contributed by atoms with Crippen molar-refractivity contribution in [1.29, 1.82) is 0 Å². The van der Waals surface area contributed by atoms with Crippen molar-refractivity contribution in [3.8, 4) is 23.0 Å². The third kappa shape index (κ3) is 3.95. The number of nitrogens with zero attached hydrogens (tertiary/aromatic N) is 2. The van der Waals surface area contributed by atoms with E-state index in [0.29, 0.717) is 36.2 Å². The third-order valence-corrected chi connectivity index (χ3v) is 7.59. The van der Waals surface area contributed by atoms with E-state index in [1.807, 2.05) is 12.1 Å². The number of hydrogen-bond donors (Lipinski definition) is 0. The number of ether oxygens (including phenoxy) is 4. The molecule has 0 aromatic heterocycles. The molecule has 0 saturated carbocycles. The summed E-state index contributed by atoms with van der Waals surface area (Å²) in [5, 5.41) is 0. The van der Waals surface area contributed by atoms with Gasteiger partial charge in [-0.1, -0.05) is 12.1 Å². The fourth-order valence-electron chi connectivity index (χ4n) is 3.95. The number of fused-ring (bicyclic) bond motifs is 2. The van der Waals surface area contributed by atoms with Crippen LogP contribution in [0.2, 0.25) is 0 Å².